The Kier molecular flexibility index (Phi) is 4.59. The van der Waals surface area contributed by atoms with Crippen molar-refractivity contribution in [3.8, 4) is 5.75 Å². The Labute approximate surface area is 122 Å². The fourth-order valence-corrected chi connectivity index (χ4v) is 3.29. The van der Waals surface area contributed by atoms with Gasteiger partial charge in [0.15, 0.2) is 0 Å². The van der Waals surface area contributed by atoms with E-state index in [0.717, 1.165) is 37.1 Å². The average Bonchev–Trinajstić information content (AvgIpc) is 2.46. The molecule has 1 saturated carbocycles. The Bertz CT molecular complexity index is 450. The third-order valence-electron chi connectivity index (χ3n) is 4.71. The Morgan fingerprint density at radius 3 is 2.40 bits per heavy atom. The molecule has 3 heteroatoms. The monoisotopic (exact) mass is 277 g/mol. The second-order valence-corrected chi connectivity index (χ2v) is 6.21. The first-order valence-electron chi connectivity index (χ1n) is 7.55. The average molecular weight is 277 g/mol. The molecule has 1 N–H and O–H groups in total. The van der Waals surface area contributed by atoms with Crippen LogP contribution in [0.4, 0.5) is 5.69 Å². The van der Waals surface area contributed by atoms with Crippen molar-refractivity contribution < 1.29 is 9.84 Å². The van der Waals surface area contributed by atoms with E-state index in [9.17, 15) is 5.11 Å². The third-order valence-corrected chi connectivity index (χ3v) is 4.71. The molecular formula is C17H27NO2. The number of aliphatic hydroxyl groups is 1. The summed E-state index contributed by atoms with van der Waals surface area (Å²) < 4.78 is 5.32. The molecule has 0 radical (unpaired) electrons. The number of benzene rings is 1. The zero-order valence-electron chi connectivity index (χ0n) is 13.1. The number of nitrogens with zero attached hydrogens (tertiary/aromatic N) is 1. The van der Waals surface area contributed by atoms with E-state index < -0.39 is 5.60 Å². The fourth-order valence-electron chi connectivity index (χ4n) is 3.29. The summed E-state index contributed by atoms with van der Waals surface area (Å²) >= 11 is 0. The highest BCUT2D eigenvalue weighted by Crippen LogP contribution is 2.43. The lowest BCUT2D eigenvalue weighted by Gasteiger charge is -2.39. The van der Waals surface area contributed by atoms with Gasteiger partial charge in [0.2, 0.25) is 0 Å². The molecular weight excluding hydrogens is 250 g/mol. The van der Waals surface area contributed by atoms with Crippen molar-refractivity contribution >= 4 is 5.69 Å². The van der Waals surface area contributed by atoms with Gasteiger partial charge in [-0.25, -0.2) is 0 Å². The fraction of sp³-hybridized carbons (Fsp3) is 0.647. The minimum Gasteiger partial charge on any atom is -0.497 e. The van der Waals surface area contributed by atoms with E-state index in [0.29, 0.717) is 0 Å². The predicted octanol–water partition coefficient (Wildman–Crippen LogP) is 3.56. The zero-order chi connectivity index (χ0) is 14.8. The maximum atomic E-state index is 11.0. The number of rotatable bonds is 4. The molecule has 2 rings (SSSR count). The van der Waals surface area contributed by atoms with Crippen molar-refractivity contribution in [2.45, 2.75) is 50.5 Å². The standard InChI is InChI=1S/C17H27NO2/c1-13(17(19)10-6-5-7-11-17)15-9-8-14(20-4)12-16(15)18(2)3/h8-9,12-13,19H,5-7,10-11H2,1-4H3. The molecule has 0 saturated heterocycles. The topological polar surface area (TPSA) is 32.7 Å². The molecule has 0 heterocycles. The van der Waals surface area contributed by atoms with Gasteiger partial charge in [0.25, 0.3) is 0 Å². The van der Waals surface area contributed by atoms with Gasteiger partial charge in [0.1, 0.15) is 5.75 Å². The number of methoxy groups -OCH3 is 1. The predicted molar refractivity (Wildman–Crippen MR) is 83.8 cm³/mol. The van der Waals surface area contributed by atoms with Crippen LogP contribution in [0.25, 0.3) is 0 Å². The number of hydrogen-bond donors (Lipinski definition) is 1. The molecule has 0 amide bonds. The van der Waals surface area contributed by atoms with Crippen LogP contribution in [0, 0.1) is 0 Å². The summed E-state index contributed by atoms with van der Waals surface area (Å²) in [5.41, 5.74) is 1.79. The minimum absolute atomic E-state index is 0.145. The van der Waals surface area contributed by atoms with Gasteiger partial charge in [0.05, 0.1) is 12.7 Å². The quantitative estimate of drug-likeness (QED) is 0.913. The van der Waals surface area contributed by atoms with Gasteiger partial charge >= 0.3 is 0 Å². The van der Waals surface area contributed by atoms with E-state index in [1.807, 2.05) is 20.2 Å². The molecule has 112 valence electrons. The number of anilines is 1. The first kappa shape index (κ1) is 15.2. The van der Waals surface area contributed by atoms with Gasteiger partial charge in [-0.15, -0.1) is 0 Å². The lowest BCUT2D eigenvalue weighted by atomic mass is 9.73. The van der Waals surface area contributed by atoms with Gasteiger partial charge in [0, 0.05) is 31.8 Å². The molecule has 3 nitrogen and oxygen atoms in total. The van der Waals surface area contributed by atoms with Gasteiger partial charge in [-0.05, 0) is 24.5 Å². The molecule has 0 spiro atoms. The second-order valence-electron chi connectivity index (χ2n) is 6.21. The molecule has 1 aromatic rings. The molecule has 1 atom stereocenters. The number of hydrogen-bond acceptors (Lipinski definition) is 3. The Balaban J connectivity index is 2.35. The Morgan fingerprint density at radius 1 is 1.20 bits per heavy atom. The van der Waals surface area contributed by atoms with Crippen LogP contribution in [-0.4, -0.2) is 31.9 Å². The van der Waals surface area contributed by atoms with E-state index in [1.54, 1.807) is 7.11 Å². The molecule has 20 heavy (non-hydrogen) atoms. The van der Waals surface area contributed by atoms with E-state index in [2.05, 4.69) is 24.0 Å². The summed E-state index contributed by atoms with van der Waals surface area (Å²) in [7, 11) is 5.76. The lowest BCUT2D eigenvalue weighted by molar-refractivity contribution is -0.0167. The van der Waals surface area contributed by atoms with Crippen LogP contribution in [0.3, 0.4) is 0 Å². The van der Waals surface area contributed by atoms with E-state index in [4.69, 9.17) is 4.74 Å². The molecule has 0 bridgehead atoms. The summed E-state index contributed by atoms with van der Waals surface area (Å²) in [6.45, 7) is 2.15. The molecule has 1 fully saturated rings. The molecule has 0 aromatic heterocycles. The summed E-state index contributed by atoms with van der Waals surface area (Å²) in [6, 6.07) is 6.15. The SMILES string of the molecule is COc1ccc(C(C)C2(O)CCCCC2)c(N(C)C)c1. The molecule has 1 aliphatic rings. The lowest BCUT2D eigenvalue weighted by Crippen LogP contribution is -2.37. The van der Waals surface area contributed by atoms with Crippen molar-refractivity contribution in [2.75, 3.05) is 26.1 Å². The van der Waals surface area contributed by atoms with Crippen LogP contribution in [0.15, 0.2) is 18.2 Å². The largest absolute Gasteiger partial charge is 0.497 e. The summed E-state index contributed by atoms with van der Waals surface area (Å²) in [5.74, 6) is 1.01. The van der Waals surface area contributed by atoms with Crippen molar-refractivity contribution in [1.82, 2.24) is 0 Å². The zero-order valence-corrected chi connectivity index (χ0v) is 13.1. The van der Waals surface area contributed by atoms with E-state index >= 15 is 0 Å². The van der Waals surface area contributed by atoms with Crippen LogP contribution in [-0.2, 0) is 0 Å². The first-order chi connectivity index (χ1) is 9.48. The van der Waals surface area contributed by atoms with Crippen LogP contribution in [0.5, 0.6) is 5.75 Å². The highest BCUT2D eigenvalue weighted by molar-refractivity contribution is 5.58. The van der Waals surface area contributed by atoms with Gasteiger partial charge in [-0.2, -0.15) is 0 Å². The van der Waals surface area contributed by atoms with Crippen LogP contribution < -0.4 is 9.64 Å². The smallest absolute Gasteiger partial charge is 0.120 e. The minimum atomic E-state index is -0.558. The highest BCUT2D eigenvalue weighted by atomic mass is 16.5. The molecule has 1 aromatic carbocycles. The maximum absolute atomic E-state index is 11.0. The van der Waals surface area contributed by atoms with Gasteiger partial charge in [-0.1, -0.05) is 32.3 Å². The molecule has 1 aliphatic carbocycles. The molecule has 0 aliphatic heterocycles. The van der Waals surface area contributed by atoms with Crippen LogP contribution in [0.1, 0.15) is 50.5 Å². The number of ether oxygens (including phenoxy) is 1. The summed E-state index contributed by atoms with van der Waals surface area (Å²) in [4.78, 5) is 2.10. The van der Waals surface area contributed by atoms with Gasteiger partial charge in [-0.3, -0.25) is 0 Å². The van der Waals surface area contributed by atoms with E-state index in [1.165, 1.54) is 12.0 Å². The van der Waals surface area contributed by atoms with Crippen molar-refractivity contribution in [2.24, 2.45) is 0 Å². The third kappa shape index (κ3) is 2.93. The normalized spacial score (nSPS) is 19.4. The van der Waals surface area contributed by atoms with Gasteiger partial charge < -0.3 is 14.7 Å². The second kappa shape index (κ2) is 6.04. The van der Waals surface area contributed by atoms with Crippen molar-refractivity contribution in [3.05, 3.63) is 23.8 Å². The van der Waals surface area contributed by atoms with E-state index in [-0.39, 0.29) is 5.92 Å². The van der Waals surface area contributed by atoms with Crippen LogP contribution >= 0.6 is 0 Å². The summed E-state index contributed by atoms with van der Waals surface area (Å²) in [5, 5.41) is 11.0. The first-order valence-corrected chi connectivity index (χ1v) is 7.55. The van der Waals surface area contributed by atoms with Crippen LogP contribution in [0.2, 0.25) is 0 Å². The summed E-state index contributed by atoms with van der Waals surface area (Å²) in [6.07, 6.45) is 5.33. The highest BCUT2D eigenvalue weighted by Gasteiger charge is 2.37. The maximum Gasteiger partial charge on any atom is 0.120 e. The Hall–Kier alpha value is -1.22. The molecule has 1 unspecified atom stereocenters. The van der Waals surface area contributed by atoms with Crippen molar-refractivity contribution in [3.63, 3.8) is 0 Å². The Morgan fingerprint density at radius 2 is 1.85 bits per heavy atom. The van der Waals surface area contributed by atoms with Crippen molar-refractivity contribution in [1.29, 1.82) is 0 Å².